The normalized spacial score (nSPS) is 11.5. The molecule has 6 heteroatoms. The summed E-state index contributed by atoms with van der Waals surface area (Å²) in [7, 11) is 1.41. The lowest BCUT2D eigenvalue weighted by Gasteiger charge is -2.14. The summed E-state index contributed by atoms with van der Waals surface area (Å²) in [5, 5.41) is 3.94. The van der Waals surface area contributed by atoms with Crippen LogP contribution in [0.5, 0.6) is 0 Å². The molecule has 28 heavy (non-hydrogen) atoms. The Morgan fingerprint density at radius 3 is 2.75 bits per heavy atom. The molecule has 3 N–H and O–H groups in total. The number of benzene rings is 2. The van der Waals surface area contributed by atoms with Crippen LogP contribution in [0.3, 0.4) is 0 Å². The summed E-state index contributed by atoms with van der Waals surface area (Å²) in [6.45, 7) is 4.87. The second-order valence-electron chi connectivity index (χ2n) is 6.82. The summed E-state index contributed by atoms with van der Waals surface area (Å²) in [6, 6.07) is 9.94. The quantitative estimate of drug-likeness (QED) is 0.413. The van der Waals surface area contributed by atoms with Gasteiger partial charge in [-0.05, 0) is 24.6 Å². The number of rotatable bonds is 6. The number of esters is 1. The minimum absolute atomic E-state index is 0.366. The van der Waals surface area contributed by atoms with Crippen molar-refractivity contribution in [3.8, 4) is 0 Å². The number of carbonyl (C=O) groups excluding carboxylic acids is 1. The highest BCUT2D eigenvalue weighted by Gasteiger charge is 2.22. The first kappa shape index (κ1) is 18.4. The van der Waals surface area contributed by atoms with Crippen LogP contribution < -0.4 is 5.73 Å². The fraction of sp³-hybridized carbons (Fsp3) is 0.273. The molecule has 2 aromatic heterocycles. The number of methoxy groups -OCH3 is 1. The predicted molar refractivity (Wildman–Crippen MR) is 109 cm³/mol. The van der Waals surface area contributed by atoms with E-state index in [0.717, 1.165) is 45.7 Å². The highest BCUT2D eigenvalue weighted by atomic mass is 16.5. The van der Waals surface area contributed by atoms with Crippen LogP contribution in [0.15, 0.2) is 42.7 Å². The van der Waals surface area contributed by atoms with Gasteiger partial charge in [-0.2, -0.15) is 0 Å². The SMILES string of the molecule is COC(=O)c1c2ccn(CCOCC[NH3+])cc2c(C)c2c1nc1ccccc12. The molecule has 0 radical (unpaired) electrons. The fourth-order valence-electron chi connectivity index (χ4n) is 3.79. The molecular weight excluding hydrogens is 354 g/mol. The summed E-state index contributed by atoms with van der Waals surface area (Å²) in [6.07, 6.45) is 4.04. The monoisotopic (exact) mass is 378 g/mol. The number of ether oxygens (including phenoxy) is 2. The van der Waals surface area contributed by atoms with E-state index in [9.17, 15) is 4.79 Å². The van der Waals surface area contributed by atoms with Gasteiger partial charge in [0.1, 0.15) is 0 Å². The predicted octanol–water partition coefficient (Wildman–Crippen LogP) is 2.70. The van der Waals surface area contributed by atoms with Gasteiger partial charge in [-0.15, -0.1) is 0 Å². The van der Waals surface area contributed by atoms with Gasteiger partial charge in [-0.25, -0.2) is 9.78 Å². The third-order valence-corrected chi connectivity index (χ3v) is 5.12. The Hall–Kier alpha value is -2.96. The van der Waals surface area contributed by atoms with Crippen molar-refractivity contribution in [2.45, 2.75) is 13.5 Å². The Morgan fingerprint density at radius 1 is 1.14 bits per heavy atom. The standard InChI is InChI=1S/C22H23N3O3/c1-14-17-13-25(10-12-28-11-8-23)9-7-15(17)20(22(26)27-2)21-19(14)16-5-3-4-6-18(16)24-21/h3-7,9,13H,8,10-12,23H2,1-2H3/p+1. The second-order valence-corrected chi connectivity index (χ2v) is 6.82. The first-order valence-electron chi connectivity index (χ1n) is 9.41. The van der Waals surface area contributed by atoms with Gasteiger partial charge in [0.15, 0.2) is 0 Å². The molecule has 0 saturated carbocycles. The smallest absolute Gasteiger partial charge is 0.340 e. The molecule has 144 valence electrons. The summed E-state index contributed by atoms with van der Waals surface area (Å²) in [5.74, 6) is -0.366. The first-order valence-corrected chi connectivity index (χ1v) is 9.41. The summed E-state index contributed by atoms with van der Waals surface area (Å²) >= 11 is 0. The van der Waals surface area contributed by atoms with Crippen molar-refractivity contribution < 1.29 is 20.0 Å². The number of aryl methyl sites for hydroxylation is 1. The fourth-order valence-corrected chi connectivity index (χ4v) is 3.79. The number of para-hydroxylation sites is 1. The average Bonchev–Trinajstić information content (AvgIpc) is 3.10. The molecule has 6 nitrogen and oxygen atoms in total. The van der Waals surface area contributed by atoms with Crippen molar-refractivity contribution in [1.29, 1.82) is 0 Å². The second kappa shape index (κ2) is 7.58. The van der Waals surface area contributed by atoms with Gasteiger partial charge in [-0.3, -0.25) is 0 Å². The Balaban J connectivity index is 1.96. The van der Waals surface area contributed by atoms with Crippen molar-refractivity contribution >= 4 is 38.5 Å². The van der Waals surface area contributed by atoms with E-state index >= 15 is 0 Å². The first-order chi connectivity index (χ1) is 13.7. The van der Waals surface area contributed by atoms with Gasteiger partial charge in [0.2, 0.25) is 0 Å². The number of nitrogens with zero attached hydrogens (tertiary/aromatic N) is 2. The van der Waals surface area contributed by atoms with Gasteiger partial charge >= 0.3 is 5.97 Å². The molecule has 4 rings (SSSR count). The van der Waals surface area contributed by atoms with Gasteiger partial charge < -0.3 is 19.8 Å². The Labute approximate surface area is 162 Å². The van der Waals surface area contributed by atoms with E-state index in [1.165, 1.54) is 7.11 Å². The molecule has 0 spiro atoms. The molecule has 0 atom stereocenters. The van der Waals surface area contributed by atoms with E-state index in [0.29, 0.717) is 24.3 Å². The summed E-state index contributed by atoms with van der Waals surface area (Å²) < 4.78 is 12.7. The molecular formula is C22H24N3O3+. The number of hydrogen-bond acceptors (Lipinski definition) is 4. The van der Waals surface area contributed by atoms with E-state index in [1.807, 2.05) is 36.5 Å². The van der Waals surface area contributed by atoms with Crippen molar-refractivity contribution in [2.24, 2.45) is 0 Å². The molecule has 0 aliphatic carbocycles. The molecule has 2 heterocycles. The summed E-state index contributed by atoms with van der Waals surface area (Å²) in [5.41, 5.74) is 7.01. The Bertz CT molecular complexity index is 1180. The van der Waals surface area contributed by atoms with E-state index in [2.05, 4.69) is 23.4 Å². The van der Waals surface area contributed by atoms with Crippen molar-refractivity contribution in [3.63, 3.8) is 0 Å². The van der Waals surface area contributed by atoms with Crippen molar-refractivity contribution in [3.05, 3.63) is 53.9 Å². The van der Waals surface area contributed by atoms with Crippen LogP contribution in [0.1, 0.15) is 15.9 Å². The summed E-state index contributed by atoms with van der Waals surface area (Å²) in [4.78, 5) is 17.4. The van der Waals surface area contributed by atoms with Crippen LogP contribution in [0.25, 0.3) is 32.6 Å². The minimum atomic E-state index is -0.366. The third-order valence-electron chi connectivity index (χ3n) is 5.12. The van der Waals surface area contributed by atoms with Crippen LogP contribution in [0, 0.1) is 6.92 Å². The molecule has 0 bridgehead atoms. The zero-order valence-corrected chi connectivity index (χ0v) is 16.2. The van der Waals surface area contributed by atoms with Gasteiger partial charge in [-0.1, -0.05) is 18.2 Å². The van der Waals surface area contributed by atoms with E-state index in [1.54, 1.807) is 0 Å². The number of carbonyl (C=O) groups is 1. The van der Waals surface area contributed by atoms with Crippen LogP contribution in [-0.2, 0) is 16.0 Å². The lowest BCUT2D eigenvalue weighted by molar-refractivity contribution is -0.374. The number of fused-ring (bicyclic) bond motifs is 4. The third kappa shape index (κ3) is 3.00. The van der Waals surface area contributed by atoms with Crippen LogP contribution in [-0.4, -0.2) is 42.4 Å². The number of quaternary nitrogens is 1. The van der Waals surface area contributed by atoms with Crippen molar-refractivity contribution in [1.82, 2.24) is 9.55 Å². The zero-order chi connectivity index (χ0) is 19.7. The van der Waals surface area contributed by atoms with Crippen LogP contribution in [0.4, 0.5) is 0 Å². The molecule has 0 unspecified atom stereocenters. The molecule has 0 amide bonds. The van der Waals surface area contributed by atoms with Gasteiger partial charge in [0.05, 0.1) is 43.5 Å². The van der Waals surface area contributed by atoms with Crippen LogP contribution >= 0.6 is 0 Å². The molecule has 4 aromatic rings. The topological polar surface area (TPSA) is 81.0 Å². The molecule has 2 aromatic carbocycles. The molecule has 0 aliphatic rings. The molecule has 0 aliphatic heterocycles. The number of aromatic nitrogens is 2. The lowest BCUT2D eigenvalue weighted by Crippen LogP contribution is -2.52. The number of hydrogen-bond donors (Lipinski definition) is 1. The number of pyridine rings is 1. The largest absolute Gasteiger partial charge is 0.465 e. The minimum Gasteiger partial charge on any atom is -0.465 e. The van der Waals surface area contributed by atoms with E-state index < -0.39 is 0 Å². The Morgan fingerprint density at radius 2 is 1.96 bits per heavy atom. The average molecular weight is 378 g/mol. The Kier molecular flexibility index (Phi) is 4.98. The maximum absolute atomic E-state index is 12.7. The van der Waals surface area contributed by atoms with Crippen LogP contribution in [0.2, 0.25) is 0 Å². The highest BCUT2D eigenvalue weighted by Crippen LogP contribution is 2.37. The van der Waals surface area contributed by atoms with Gasteiger partial charge in [0.25, 0.3) is 0 Å². The van der Waals surface area contributed by atoms with Gasteiger partial charge in [0, 0.05) is 40.5 Å². The highest BCUT2D eigenvalue weighted by molar-refractivity contribution is 6.23. The maximum Gasteiger partial charge on any atom is 0.340 e. The zero-order valence-electron chi connectivity index (χ0n) is 16.2. The maximum atomic E-state index is 12.7. The lowest BCUT2D eigenvalue weighted by atomic mass is 9.96. The molecule has 0 saturated heterocycles. The molecule has 0 fully saturated rings. The van der Waals surface area contributed by atoms with E-state index in [-0.39, 0.29) is 5.97 Å². The van der Waals surface area contributed by atoms with Crippen molar-refractivity contribution in [2.75, 3.05) is 26.9 Å². The van der Waals surface area contributed by atoms with E-state index in [4.69, 9.17) is 14.5 Å².